The van der Waals surface area contributed by atoms with Crippen LogP contribution in [0.4, 0.5) is 0 Å². The quantitative estimate of drug-likeness (QED) is 0.757. The molecule has 0 spiro atoms. The maximum absolute atomic E-state index is 11.6. The van der Waals surface area contributed by atoms with Crippen molar-refractivity contribution in [2.45, 2.75) is 25.8 Å². The minimum Gasteiger partial charge on any atom is -0.335 e. The first-order valence-electron chi connectivity index (χ1n) is 5.63. The lowest BCUT2D eigenvalue weighted by molar-refractivity contribution is -0.132. The van der Waals surface area contributed by atoms with Crippen LogP contribution in [0.15, 0.2) is 24.3 Å². The van der Waals surface area contributed by atoms with Crippen molar-refractivity contribution < 1.29 is 9.59 Å². The first kappa shape index (κ1) is 12.1. The van der Waals surface area contributed by atoms with Crippen LogP contribution in [0.1, 0.15) is 30.5 Å². The van der Waals surface area contributed by atoms with Gasteiger partial charge in [-0.15, -0.1) is 0 Å². The van der Waals surface area contributed by atoms with Crippen LogP contribution in [0.3, 0.4) is 0 Å². The number of hydrogen-bond acceptors (Lipinski definition) is 2. The highest BCUT2D eigenvalue weighted by Gasteiger charge is 2.29. The van der Waals surface area contributed by atoms with Crippen LogP contribution in [0.2, 0.25) is 0 Å². The third-order valence-corrected chi connectivity index (χ3v) is 3.32. The van der Waals surface area contributed by atoms with Gasteiger partial charge in [-0.05, 0) is 29.1 Å². The van der Waals surface area contributed by atoms with Crippen molar-refractivity contribution in [1.29, 1.82) is 0 Å². The molecule has 90 valence electrons. The molecule has 4 heteroatoms. The summed E-state index contributed by atoms with van der Waals surface area (Å²) in [7, 11) is 0. The van der Waals surface area contributed by atoms with E-state index < -0.39 is 5.24 Å². The second kappa shape index (κ2) is 4.88. The van der Waals surface area contributed by atoms with Crippen LogP contribution >= 0.6 is 11.6 Å². The van der Waals surface area contributed by atoms with Crippen LogP contribution in [0.25, 0.3) is 0 Å². The Labute approximate surface area is 105 Å². The van der Waals surface area contributed by atoms with E-state index in [9.17, 15) is 9.59 Å². The van der Waals surface area contributed by atoms with Crippen LogP contribution < -0.4 is 0 Å². The smallest absolute Gasteiger partial charge is 0.224 e. The maximum Gasteiger partial charge on any atom is 0.224 e. The zero-order chi connectivity index (χ0) is 12.4. The van der Waals surface area contributed by atoms with Gasteiger partial charge >= 0.3 is 0 Å². The molecule has 0 aromatic heterocycles. The maximum atomic E-state index is 11.6. The molecule has 1 aliphatic heterocycles. The van der Waals surface area contributed by atoms with E-state index in [4.69, 9.17) is 11.6 Å². The van der Waals surface area contributed by atoms with E-state index in [2.05, 4.69) is 0 Å². The molecule has 1 aliphatic rings. The van der Waals surface area contributed by atoms with Crippen LogP contribution in [-0.2, 0) is 16.0 Å². The number of halogens is 1. The molecule has 0 N–H and O–H groups in total. The van der Waals surface area contributed by atoms with E-state index in [0.29, 0.717) is 6.54 Å². The minimum absolute atomic E-state index is 0.0116. The van der Waals surface area contributed by atoms with Crippen molar-refractivity contribution in [3.8, 4) is 0 Å². The van der Waals surface area contributed by atoms with Gasteiger partial charge in [0.05, 0.1) is 6.04 Å². The fraction of sp³-hybridized carbons (Fsp3) is 0.385. The summed E-state index contributed by atoms with van der Waals surface area (Å²) in [5.41, 5.74) is 2.25. The highest BCUT2D eigenvalue weighted by molar-refractivity contribution is 6.63. The van der Waals surface area contributed by atoms with E-state index >= 15 is 0 Å². The Morgan fingerprint density at radius 3 is 2.76 bits per heavy atom. The summed E-state index contributed by atoms with van der Waals surface area (Å²) in [5.74, 6) is -0.0116. The number of amides is 1. The third kappa shape index (κ3) is 2.50. The van der Waals surface area contributed by atoms with Crippen LogP contribution in [0, 0.1) is 0 Å². The van der Waals surface area contributed by atoms with E-state index in [0.717, 1.165) is 12.0 Å². The van der Waals surface area contributed by atoms with Gasteiger partial charge < -0.3 is 4.90 Å². The molecule has 1 aromatic carbocycles. The molecule has 0 radical (unpaired) electrons. The van der Waals surface area contributed by atoms with Crippen molar-refractivity contribution in [3.63, 3.8) is 0 Å². The Morgan fingerprint density at radius 2 is 2.12 bits per heavy atom. The van der Waals surface area contributed by atoms with Crippen LogP contribution in [-0.4, -0.2) is 22.6 Å². The standard InChI is InChI=1S/C13H14ClNO2/c1-9(16)15-7-6-10-4-2-3-5-11(10)12(15)8-13(14)17/h2-5,12H,6-8H2,1H3. The number of hydrogen-bond donors (Lipinski definition) is 0. The summed E-state index contributed by atoms with van der Waals surface area (Å²) in [6.07, 6.45) is 1.01. The molecule has 3 nitrogen and oxygen atoms in total. The van der Waals surface area contributed by atoms with E-state index in [-0.39, 0.29) is 18.4 Å². The molecule has 0 saturated carbocycles. The van der Waals surface area contributed by atoms with Gasteiger partial charge in [-0.1, -0.05) is 24.3 Å². The molecule has 1 heterocycles. The zero-order valence-corrected chi connectivity index (χ0v) is 10.4. The number of fused-ring (bicyclic) bond motifs is 1. The normalized spacial score (nSPS) is 18.7. The molecule has 2 rings (SSSR count). The Hall–Kier alpha value is -1.35. The largest absolute Gasteiger partial charge is 0.335 e. The molecule has 0 fully saturated rings. The van der Waals surface area contributed by atoms with Crippen molar-refractivity contribution in [1.82, 2.24) is 4.90 Å². The summed E-state index contributed by atoms with van der Waals surface area (Å²) in [5, 5.41) is -0.405. The molecular weight excluding hydrogens is 238 g/mol. The first-order chi connectivity index (χ1) is 8.09. The lowest BCUT2D eigenvalue weighted by atomic mass is 9.91. The average molecular weight is 252 g/mol. The Bertz CT molecular complexity index is 458. The second-order valence-electron chi connectivity index (χ2n) is 4.24. The molecule has 0 saturated heterocycles. The summed E-state index contributed by atoms with van der Waals surface area (Å²) in [6.45, 7) is 2.18. The Balaban J connectivity index is 2.38. The van der Waals surface area contributed by atoms with Gasteiger partial charge in [0, 0.05) is 19.9 Å². The summed E-state index contributed by atoms with van der Waals surface area (Å²) in [4.78, 5) is 24.4. The van der Waals surface area contributed by atoms with E-state index in [1.165, 1.54) is 12.5 Å². The zero-order valence-electron chi connectivity index (χ0n) is 9.65. The van der Waals surface area contributed by atoms with Crippen molar-refractivity contribution in [2.24, 2.45) is 0 Å². The number of carbonyl (C=O) groups excluding carboxylic acids is 2. The number of nitrogens with zero attached hydrogens (tertiary/aromatic N) is 1. The van der Waals surface area contributed by atoms with Gasteiger partial charge in [0.2, 0.25) is 11.1 Å². The van der Waals surface area contributed by atoms with Gasteiger partial charge in [-0.3, -0.25) is 9.59 Å². The van der Waals surface area contributed by atoms with Gasteiger partial charge in [0.1, 0.15) is 0 Å². The van der Waals surface area contributed by atoms with Crippen LogP contribution in [0.5, 0.6) is 0 Å². The van der Waals surface area contributed by atoms with E-state index in [1.807, 2.05) is 24.3 Å². The molecule has 0 bridgehead atoms. The lowest BCUT2D eigenvalue weighted by Crippen LogP contribution is -2.39. The summed E-state index contributed by atoms with van der Waals surface area (Å²) >= 11 is 5.47. The second-order valence-corrected chi connectivity index (χ2v) is 4.66. The molecular formula is C13H14ClNO2. The SMILES string of the molecule is CC(=O)N1CCc2ccccc2C1CC(=O)Cl. The van der Waals surface area contributed by atoms with Gasteiger partial charge in [0.15, 0.2) is 0 Å². The number of carbonyl (C=O) groups is 2. The molecule has 0 aliphatic carbocycles. The Morgan fingerprint density at radius 1 is 1.41 bits per heavy atom. The first-order valence-corrected chi connectivity index (χ1v) is 6.00. The third-order valence-electron chi connectivity index (χ3n) is 3.17. The highest BCUT2D eigenvalue weighted by Crippen LogP contribution is 2.32. The molecule has 1 unspecified atom stereocenters. The lowest BCUT2D eigenvalue weighted by Gasteiger charge is -2.36. The van der Waals surface area contributed by atoms with Crippen molar-refractivity contribution in [3.05, 3.63) is 35.4 Å². The van der Waals surface area contributed by atoms with Gasteiger partial charge in [0.25, 0.3) is 0 Å². The number of benzene rings is 1. The van der Waals surface area contributed by atoms with Gasteiger partial charge in [-0.25, -0.2) is 0 Å². The predicted octanol–water partition coefficient (Wildman–Crippen LogP) is 2.29. The summed E-state index contributed by atoms with van der Waals surface area (Å²) in [6, 6.07) is 7.70. The predicted molar refractivity (Wildman–Crippen MR) is 65.8 cm³/mol. The monoisotopic (exact) mass is 251 g/mol. The summed E-state index contributed by atoms with van der Waals surface area (Å²) < 4.78 is 0. The van der Waals surface area contributed by atoms with Gasteiger partial charge in [-0.2, -0.15) is 0 Å². The number of rotatable bonds is 2. The molecule has 17 heavy (non-hydrogen) atoms. The molecule has 1 aromatic rings. The Kier molecular flexibility index (Phi) is 3.48. The molecule has 1 amide bonds. The van der Waals surface area contributed by atoms with Crippen molar-refractivity contribution in [2.75, 3.05) is 6.54 Å². The average Bonchev–Trinajstić information content (AvgIpc) is 2.28. The topological polar surface area (TPSA) is 37.4 Å². The highest BCUT2D eigenvalue weighted by atomic mass is 35.5. The minimum atomic E-state index is -0.405. The fourth-order valence-corrected chi connectivity index (χ4v) is 2.55. The van der Waals surface area contributed by atoms with E-state index in [1.54, 1.807) is 4.90 Å². The van der Waals surface area contributed by atoms with Crippen molar-refractivity contribution >= 4 is 22.8 Å². The fourth-order valence-electron chi connectivity index (χ4n) is 2.40. The molecule has 1 atom stereocenters.